The van der Waals surface area contributed by atoms with Gasteiger partial charge in [-0.15, -0.1) is 0 Å². The van der Waals surface area contributed by atoms with Gasteiger partial charge in [0.15, 0.2) is 5.96 Å². The van der Waals surface area contributed by atoms with Gasteiger partial charge in [-0.1, -0.05) is 23.2 Å². The highest BCUT2D eigenvalue weighted by Crippen LogP contribution is 2.36. The molecule has 2 unspecified atom stereocenters. The van der Waals surface area contributed by atoms with Gasteiger partial charge in [-0.25, -0.2) is 4.99 Å². The minimum atomic E-state index is -1.27. The molecule has 192 valence electrons. The summed E-state index contributed by atoms with van der Waals surface area (Å²) in [6.07, 6.45) is 1.12. The first-order valence-corrected chi connectivity index (χ1v) is 11.3. The van der Waals surface area contributed by atoms with Crippen LogP contribution in [0.4, 0.5) is 0 Å². The first-order chi connectivity index (χ1) is 17.0. The third kappa shape index (κ3) is 7.16. The molecule has 3 rings (SSSR count). The standard InChI is InChI=1S/C21H22Cl2N6O7/c22-10-2-12(18(34)13(23)3-10)14(4-17(32)33)28-16(31)8-25-19(35)9-1-15(20(36)24-5-9)29-21-26-6-11(30)7-27-21/h1-3,5,11,14-15,30,34H,4,6-8H2,(H,25,35)(H,28,31)(H,32,33)(H2,26,27,29)/t14-,15?/m1/s1. The number of guanidine groups is 1. The molecule has 1 aromatic carbocycles. The molecule has 0 aromatic heterocycles. The summed E-state index contributed by atoms with van der Waals surface area (Å²) in [5.74, 6) is -3.49. The average Bonchev–Trinajstić information content (AvgIpc) is 2.82. The third-order valence-electron chi connectivity index (χ3n) is 5.02. The van der Waals surface area contributed by atoms with E-state index in [0.29, 0.717) is 0 Å². The Morgan fingerprint density at radius 1 is 1.25 bits per heavy atom. The van der Waals surface area contributed by atoms with Crippen LogP contribution in [-0.4, -0.2) is 83.0 Å². The topological polar surface area (TPSA) is 202 Å². The fourth-order valence-corrected chi connectivity index (χ4v) is 3.80. The number of aliphatic hydroxyl groups excluding tert-OH is 1. The van der Waals surface area contributed by atoms with Crippen molar-refractivity contribution in [2.45, 2.75) is 24.6 Å². The number of nitrogens with zero attached hydrogens (tertiary/aromatic N) is 2. The number of aliphatic carboxylic acids is 1. The van der Waals surface area contributed by atoms with Gasteiger partial charge in [0.25, 0.3) is 11.8 Å². The quantitative estimate of drug-likeness (QED) is 0.221. The molecule has 1 aromatic rings. The van der Waals surface area contributed by atoms with Crippen LogP contribution in [0.25, 0.3) is 0 Å². The number of hydrogen-bond donors (Lipinski definition) is 7. The molecule has 0 saturated carbocycles. The number of rotatable bonds is 8. The SMILES string of the molecule is O=C(O)C[C@@H](NC(=O)CNC(=O)C1=CC(NC2=NCC(O)CN2)C(=O)N=C1)c1cc(Cl)cc(Cl)c1O. The first-order valence-electron chi connectivity index (χ1n) is 10.5. The molecule has 7 N–H and O–H groups in total. The summed E-state index contributed by atoms with van der Waals surface area (Å²) in [5, 5.41) is 39.2. The lowest BCUT2D eigenvalue weighted by Gasteiger charge is -2.23. The van der Waals surface area contributed by atoms with Crippen LogP contribution in [-0.2, 0) is 19.2 Å². The van der Waals surface area contributed by atoms with Gasteiger partial charge in [0, 0.05) is 23.3 Å². The van der Waals surface area contributed by atoms with Crippen molar-refractivity contribution in [3.05, 3.63) is 39.4 Å². The lowest BCUT2D eigenvalue weighted by molar-refractivity contribution is -0.138. The molecule has 3 amide bonds. The Kier molecular flexibility index (Phi) is 8.85. The van der Waals surface area contributed by atoms with Gasteiger partial charge in [-0.05, 0) is 18.2 Å². The van der Waals surface area contributed by atoms with Crippen LogP contribution >= 0.6 is 23.2 Å². The number of carboxylic acid groups (broad SMARTS) is 1. The number of phenolic OH excluding ortho intramolecular Hbond substituents is 1. The normalized spacial score (nSPS) is 19.9. The van der Waals surface area contributed by atoms with Crippen molar-refractivity contribution in [2.24, 2.45) is 9.98 Å². The number of carbonyl (C=O) groups excluding carboxylic acids is 3. The van der Waals surface area contributed by atoms with E-state index in [1.54, 1.807) is 0 Å². The van der Waals surface area contributed by atoms with Crippen molar-refractivity contribution in [1.82, 2.24) is 21.3 Å². The molecule has 0 spiro atoms. The maximum atomic E-state index is 12.5. The van der Waals surface area contributed by atoms with Gasteiger partial charge in [-0.2, -0.15) is 0 Å². The summed E-state index contributed by atoms with van der Waals surface area (Å²) in [7, 11) is 0. The zero-order chi connectivity index (χ0) is 26.4. The Morgan fingerprint density at radius 2 is 2.00 bits per heavy atom. The van der Waals surface area contributed by atoms with Crippen LogP contribution in [0.5, 0.6) is 5.75 Å². The van der Waals surface area contributed by atoms with Crippen molar-refractivity contribution in [3.63, 3.8) is 0 Å². The van der Waals surface area contributed by atoms with E-state index in [1.165, 1.54) is 18.2 Å². The largest absolute Gasteiger partial charge is 0.506 e. The van der Waals surface area contributed by atoms with E-state index in [2.05, 4.69) is 31.3 Å². The number of phenols is 1. The zero-order valence-electron chi connectivity index (χ0n) is 18.5. The highest BCUT2D eigenvalue weighted by molar-refractivity contribution is 6.35. The summed E-state index contributed by atoms with van der Waals surface area (Å²) in [6, 6.07) is 0.345. The van der Waals surface area contributed by atoms with E-state index < -0.39 is 60.6 Å². The molecule has 0 bridgehead atoms. The smallest absolute Gasteiger partial charge is 0.305 e. The Hall–Kier alpha value is -3.68. The molecule has 0 radical (unpaired) electrons. The van der Waals surface area contributed by atoms with Gasteiger partial charge in [0.05, 0.1) is 42.3 Å². The number of dihydropyridines is 1. The maximum absolute atomic E-state index is 12.5. The van der Waals surface area contributed by atoms with Crippen LogP contribution in [0.1, 0.15) is 18.0 Å². The molecular weight excluding hydrogens is 519 g/mol. The monoisotopic (exact) mass is 540 g/mol. The van der Waals surface area contributed by atoms with E-state index in [0.717, 1.165) is 6.21 Å². The number of aliphatic imine (C=N–C) groups is 2. The van der Waals surface area contributed by atoms with E-state index in [4.69, 9.17) is 23.2 Å². The third-order valence-corrected chi connectivity index (χ3v) is 5.53. The second-order valence-corrected chi connectivity index (χ2v) is 8.63. The number of halogens is 2. The molecule has 2 aliphatic heterocycles. The van der Waals surface area contributed by atoms with Crippen LogP contribution in [0.3, 0.4) is 0 Å². The van der Waals surface area contributed by atoms with Crippen molar-refractivity contribution < 1.29 is 34.5 Å². The highest BCUT2D eigenvalue weighted by atomic mass is 35.5. The zero-order valence-corrected chi connectivity index (χ0v) is 20.0. The van der Waals surface area contributed by atoms with E-state index in [9.17, 15) is 34.5 Å². The summed E-state index contributed by atoms with van der Waals surface area (Å²) in [6.45, 7) is -0.161. The second-order valence-electron chi connectivity index (χ2n) is 7.79. The van der Waals surface area contributed by atoms with Gasteiger partial charge in [-0.3, -0.25) is 24.2 Å². The fraction of sp³-hybridized carbons (Fsp3) is 0.333. The number of benzene rings is 1. The number of aromatic hydroxyl groups is 1. The van der Waals surface area contributed by atoms with E-state index in [1.807, 2.05) is 0 Å². The summed E-state index contributed by atoms with van der Waals surface area (Å²) < 4.78 is 0. The number of carbonyl (C=O) groups is 4. The van der Waals surface area contributed by atoms with Crippen LogP contribution < -0.4 is 21.3 Å². The Morgan fingerprint density at radius 3 is 2.67 bits per heavy atom. The molecule has 15 heteroatoms. The molecular formula is C21H22Cl2N6O7. The van der Waals surface area contributed by atoms with Crippen molar-refractivity contribution in [1.29, 1.82) is 0 Å². The van der Waals surface area contributed by atoms with Gasteiger partial charge < -0.3 is 36.6 Å². The molecule has 13 nitrogen and oxygen atoms in total. The number of aliphatic hydroxyl groups is 1. The van der Waals surface area contributed by atoms with Gasteiger partial charge >= 0.3 is 5.97 Å². The number of hydrogen-bond acceptors (Lipinski definition) is 9. The molecule has 0 fully saturated rings. The Bertz CT molecular complexity index is 1170. The van der Waals surface area contributed by atoms with Gasteiger partial charge in [0.2, 0.25) is 5.91 Å². The summed E-state index contributed by atoms with van der Waals surface area (Å²) >= 11 is 11.8. The van der Waals surface area contributed by atoms with Crippen molar-refractivity contribution in [2.75, 3.05) is 19.6 Å². The van der Waals surface area contributed by atoms with E-state index in [-0.39, 0.29) is 40.2 Å². The molecule has 0 saturated heterocycles. The fourth-order valence-electron chi connectivity index (χ4n) is 3.29. The molecule has 0 aliphatic carbocycles. The van der Waals surface area contributed by atoms with Crippen LogP contribution in [0.15, 0.2) is 33.8 Å². The number of β-amino-alcohol motifs (C(OH)–C–C–N with tert-alkyl or cyclic N) is 1. The highest BCUT2D eigenvalue weighted by Gasteiger charge is 2.26. The number of nitrogens with one attached hydrogen (secondary N) is 4. The molecule has 36 heavy (non-hydrogen) atoms. The van der Waals surface area contributed by atoms with Crippen molar-refractivity contribution >= 4 is 59.1 Å². The van der Waals surface area contributed by atoms with Crippen LogP contribution in [0, 0.1) is 0 Å². The summed E-state index contributed by atoms with van der Waals surface area (Å²) in [5.41, 5.74) is -0.00594. The maximum Gasteiger partial charge on any atom is 0.305 e. The Labute approximate surface area is 214 Å². The lowest BCUT2D eigenvalue weighted by Crippen LogP contribution is -2.51. The molecule has 3 atom stereocenters. The van der Waals surface area contributed by atoms with Crippen LogP contribution in [0.2, 0.25) is 10.0 Å². The minimum Gasteiger partial charge on any atom is -0.506 e. The Balaban J connectivity index is 1.62. The first kappa shape index (κ1) is 26.9. The lowest BCUT2D eigenvalue weighted by atomic mass is 10.0. The van der Waals surface area contributed by atoms with E-state index >= 15 is 0 Å². The second kappa shape index (κ2) is 11.8. The predicted octanol–water partition coefficient (Wildman–Crippen LogP) is -0.737. The molecule has 2 aliphatic rings. The van der Waals surface area contributed by atoms with Gasteiger partial charge in [0.1, 0.15) is 11.8 Å². The predicted molar refractivity (Wildman–Crippen MR) is 129 cm³/mol. The minimum absolute atomic E-state index is 0.00213. The molecule has 2 heterocycles. The number of carboxylic acids is 1. The summed E-state index contributed by atoms with van der Waals surface area (Å²) in [4.78, 5) is 56.0. The number of amides is 3. The average molecular weight is 541 g/mol. The van der Waals surface area contributed by atoms with Crippen molar-refractivity contribution in [3.8, 4) is 5.75 Å².